The number of furan rings is 1. The lowest BCUT2D eigenvalue weighted by Crippen LogP contribution is -1.86. The first-order valence-electron chi connectivity index (χ1n) is 5.27. The molecule has 2 aromatic heterocycles. The van der Waals surface area contributed by atoms with Crippen LogP contribution in [0.25, 0.3) is 22.0 Å². The number of aldehydes is 1. The van der Waals surface area contributed by atoms with Gasteiger partial charge in [-0.3, -0.25) is 9.78 Å². The van der Waals surface area contributed by atoms with Crippen LogP contribution in [-0.2, 0) is 0 Å². The third-order valence-electron chi connectivity index (χ3n) is 2.73. The molecule has 0 N–H and O–H groups in total. The van der Waals surface area contributed by atoms with Crippen molar-refractivity contribution in [3.8, 4) is 11.1 Å². The van der Waals surface area contributed by atoms with E-state index in [1.54, 1.807) is 12.3 Å². The highest BCUT2D eigenvalue weighted by molar-refractivity contribution is 5.97. The minimum Gasteiger partial charge on any atom is -0.461 e. The topological polar surface area (TPSA) is 43.1 Å². The van der Waals surface area contributed by atoms with Crippen LogP contribution in [0.1, 0.15) is 10.6 Å². The molecule has 0 unspecified atom stereocenters. The van der Waals surface area contributed by atoms with Crippen LogP contribution < -0.4 is 0 Å². The maximum Gasteiger partial charge on any atom is 0.185 e. The molecule has 2 heterocycles. The van der Waals surface area contributed by atoms with Gasteiger partial charge in [-0.1, -0.05) is 24.3 Å². The molecular weight excluding hydrogens is 214 g/mol. The maximum absolute atomic E-state index is 10.9. The summed E-state index contributed by atoms with van der Waals surface area (Å²) in [5, 5.41) is 1.04. The SMILES string of the molecule is O=Cc1occc1-c1cccc2cccnc12. The van der Waals surface area contributed by atoms with Crippen LogP contribution in [0.4, 0.5) is 0 Å². The molecule has 17 heavy (non-hydrogen) atoms. The van der Waals surface area contributed by atoms with Gasteiger partial charge in [-0.2, -0.15) is 0 Å². The Balaban J connectivity index is 2.34. The summed E-state index contributed by atoms with van der Waals surface area (Å²) in [4.78, 5) is 15.2. The normalized spacial score (nSPS) is 10.6. The molecule has 3 rings (SSSR count). The second kappa shape index (κ2) is 3.87. The first-order chi connectivity index (χ1) is 8.40. The Morgan fingerprint density at radius 1 is 1.06 bits per heavy atom. The first kappa shape index (κ1) is 9.78. The quantitative estimate of drug-likeness (QED) is 0.626. The summed E-state index contributed by atoms with van der Waals surface area (Å²) in [6.45, 7) is 0. The molecule has 0 bridgehead atoms. The van der Waals surface area contributed by atoms with Crippen LogP contribution in [0, 0.1) is 0 Å². The van der Waals surface area contributed by atoms with Crippen molar-refractivity contribution in [3.63, 3.8) is 0 Å². The monoisotopic (exact) mass is 223 g/mol. The Morgan fingerprint density at radius 3 is 2.82 bits per heavy atom. The summed E-state index contributed by atoms with van der Waals surface area (Å²) in [6.07, 6.45) is 3.98. The van der Waals surface area contributed by atoms with E-state index < -0.39 is 0 Å². The Hall–Kier alpha value is -2.42. The molecule has 0 saturated heterocycles. The largest absolute Gasteiger partial charge is 0.461 e. The fourth-order valence-electron chi connectivity index (χ4n) is 1.96. The molecule has 1 aromatic carbocycles. The number of benzene rings is 1. The van der Waals surface area contributed by atoms with Gasteiger partial charge in [0.1, 0.15) is 0 Å². The molecule has 0 fully saturated rings. The van der Waals surface area contributed by atoms with E-state index >= 15 is 0 Å². The molecule has 0 spiro atoms. The van der Waals surface area contributed by atoms with Gasteiger partial charge >= 0.3 is 0 Å². The van der Waals surface area contributed by atoms with E-state index in [0.717, 1.165) is 28.3 Å². The Labute approximate surface area is 97.7 Å². The fourth-order valence-corrected chi connectivity index (χ4v) is 1.96. The number of nitrogens with zero attached hydrogens (tertiary/aromatic N) is 1. The van der Waals surface area contributed by atoms with Crippen molar-refractivity contribution in [2.45, 2.75) is 0 Å². The van der Waals surface area contributed by atoms with Crippen molar-refractivity contribution in [2.24, 2.45) is 0 Å². The highest BCUT2D eigenvalue weighted by Gasteiger charge is 2.11. The fraction of sp³-hybridized carbons (Fsp3) is 0. The van der Waals surface area contributed by atoms with Gasteiger partial charge in [0, 0.05) is 22.7 Å². The lowest BCUT2D eigenvalue weighted by Gasteiger charge is -2.03. The molecule has 3 heteroatoms. The third-order valence-corrected chi connectivity index (χ3v) is 2.73. The van der Waals surface area contributed by atoms with Gasteiger partial charge in [-0.25, -0.2) is 0 Å². The number of rotatable bonds is 2. The predicted molar refractivity (Wildman–Crippen MR) is 64.8 cm³/mol. The maximum atomic E-state index is 10.9. The minimum absolute atomic E-state index is 0.336. The van der Waals surface area contributed by atoms with Crippen LogP contribution in [-0.4, -0.2) is 11.3 Å². The van der Waals surface area contributed by atoms with Crippen LogP contribution in [0.3, 0.4) is 0 Å². The number of para-hydroxylation sites is 1. The van der Waals surface area contributed by atoms with Gasteiger partial charge in [-0.15, -0.1) is 0 Å². The van der Waals surface area contributed by atoms with Crippen molar-refractivity contribution in [1.82, 2.24) is 4.98 Å². The van der Waals surface area contributed by atoms with Gasteiger partial charge < -0.3 is 4.42 Å². The van der Waals surface area contributed by atoms with Crippen molar-refractivity contribution < 1.29 is 9.21 Å². The van der Waals surface area contributed by atoms with E-state index in [1.165, 1.54) is 6.26 Å². The zero-order chi connectivity index (χ0) is 11.7. The molecule has 0 atom stereocenters. The lowest BCUT2D eigenvalue weighted by molar-refractivity contribution is 0.110. The second-order valence-corrected chi connectivity index (χ2v) is 3.70. The molecule has 0 radical (unpaired) electrons. The van der Waals surface area contributed by atoms with Crippen LogP contribution in [0.5, 0.6) is 0 Å². The number of hydrogen-bond donors (Lipinski definition) is 0. The van der Waals surface area contributed by atoms with E-state index in [0.29, 0.717) is 5.76 Å². The Morgan fingerprint density at radius 2 is 1.94 bits per heavy atom. The molecule has 0 aliphatic carbocycles. The molecule has 3 nitrogen and oxygen atoms in total. The molecule has 0 amide bonds. The summed E-state index contributed by atoms with van der Waals surface area (Å²) in [7, 11) is 0. The molecule has 0 saturated carbocycles. The second-order valence-electron chi connectivity index (χ2n) is 3.70. The zero-order valence-corrected chi connectivity index (χ0v) is 8.96. The summed E-state index contributed by atoms with van der Waals surface area (Å²) in [5.74, 6) is 0.336. The van der Waals surface area contributed by atoms with Gasteiger partial charge in [0.2, 0.25) is 0 Å². The van der Waals surface area contributed by atoms with E-state index in [-0.39, 0.29) is 0 Å². The van der Waals surface area contributed by atoms with Gasteiger partial charge in [0.05, 0.1) is 11.8 Å². The number of carbonyl (C=O) groups excluding carboxylic acids is 1. The van der Waals surface area contributed by atoms with E-state index in [2.05, 4.69) is 4.98 Å². The predicted octanol–water partition coefficient (Wildman–Crippen LogP) is 3.31. The van der Waals surface area contributed by atoms with E-state index in [1.807, 2.05) is 30.3 Å². The van der Waals surface area contributed by atoms with Crippen molar-refractivity contribution in [3.05, 3.63) is 54.6 Å². The van der Waals surface area contributed by atoms with Crippen LogP contribution >= 0.6 is 0 Å². The lowest BCUT2D eigenvalue weighted by atomic mass is 10.0. The van der Waals surface area contributed by atoms with Crippen molar-refractivity contribution in [2.75, 3.05) is 0 Å². The van der Waals surface area contributed by atoms with Crippen LogP contribution in [0.2, 0.25) is 0 Å². The average Bonchev–Trinajstić information content (AvgIpc) is 2.86. The highest BCUT2D eigenvalue weighted by atomic mass is 16.3. The molecule has 0 aliphatic heterocycles. The number of fused-ring (bicyclic) bond motifs is 1. The number of hydrogen-bond acceptors (Lipinski definition) is 3. The first-order valence-corrected chi connectivity index (χ1v) is 5.27. The standard InChI is InChI=1S/C14H9NO2/c16-9-13-11(6-8-17-13)12-5-1-3-10-4-2-7-15-14(10)12/h1-9H. The zero-order valence-electron chi connectivity index (χ0n) is 8.96. The smallest absolute Gasteiger partial charge is 0.185 e. The molecule has 3 aromatic rings. The summed E-state index contributed by atoms with van der Waals surface area (Å²) < 4.78 is 5.12. The molecule has 0 aliphatic rings. The highest BCUT2D eigenvalue weighted by Crippen LogP contribution is 2.29. The summed E-state index contributed by atoms with van der Waals surface area (Å²) in [6, 6.07) is 11.5. The summed E-state index contributed by atoms with van der Waals surface area (Å²) in [5.41, 5.74) is 2.57. The molecular formula is C14H9NO2. The van der Waals surface area contributed by atoms with E-state index in [4.69, 9.17) is 4.42 Å². The molecule has 82 valence electrons. The Kier molecular flexibility index (Phi) is 2.22. The number of aromatic nitrogens is 1. The van der Waals surface area contributed by atoms with Gasteiger partial charge in [-0.05, 0) is 12.1 Å². The van der Waals surface area contributed by atoms with Crippen LogP contribution in [0.15, 0.2) is 53.3 Å². The van der Waals surface area contributed by atoms with Gasteiger partial charge in [0.25, 0.3) is 0 Å². The van der Waals surface area contributed by atoms with E-state index in [9.17, 15) is 4.79 Å². The Bertz CT molecular complexity index is 680. The minimum atomic E-state index is 0.336. The summed E-state index contributed by atoms with van der Waals surface area (Å²) >= 11 is 0. The van der Waals surface area contributed by atoms with Crippen molar-refractivity contribution in [1.29, 1.82) is 0 Å². The van der Waals surface area contributed by atoms with Crippen molar-refractivity contribution >= 4 is 17.2 Å². The average molecular weight is 223 g/mol. The van der Waals surface area contributed by atoms with Gasteiger partial charge in [0.15, 0.2) is 12.0 Å². The number of carbonyl (C=O) groups is 1. The third kappa shape index (κ3) is 1.52. The number of pyridine rings is 1.